The van der Waals surface area contributed by atoms with Crippen LogP contribution in [0.5, 0.6) is 0 Å². The van der Waals surface area contributed by atoms with Crippen molar-refractivity contribution in [3.05, 3.63) is 35.4 Å². The summed E-state index contributed by atoms with van der Waals surface area (Å²) >= 11 is 5.67. The molecular weight excluding hydrogens is 204 g/mol. The van der Waals surface area contributed by atoms with Crippen molar-refractivity contribution < 1.29 is 5.11 Å². The fourth-order valence-corrected chi connectivity index (χ4v) is 3.51. The van der Waals surface area contributed by atoms with Gasteiger partial charge in [-0.1, -0.05) is 35.9 Å². The molecule has 0 fully saturated rings. The van der Waals surface area contributed by atoms with Gasteiger partial charge in [-0.2, -0.15) is 0 Å². The summed E-state index contributed by atoms with van der Waals surface area (Å²) in [7, 11) is -0.162. The maximum atomic E-state index is 9.71. The standard InChI is InChI=1S/C10H11ClOS/c11-7-13-6-9-4-2-1-3-8(9)5-10(13)12/h1-4,7,10,12H,5-6H2. The molecule has 3 heteroatoms. The zero-order valence-corrected chi connectivity index (χ0v) is 8.68. The number of halogens is 1. The van der Waals surface area contributed by atoms with E-state index in [1.807, 2.05) is 12.1 Å². The minimum Gasteiger partial charge on any atom is -0.383 e. The summed E-state index contributed by atoms with van der Waals surface area (Å²) in [5.41, 5.74) is 2.30. The van der Waals surface area contributed by atoms with Crippen LogP contribution in [0.1, 0.15) is 11.1 Å². The van der Waals surface area contributed by atoms with Gasteiger partial charge < -0.3 is 5.11 Å². The molecule has 1 aliphatic heterocycles. The van der Waals surface area contributed by atoms with Gasteiger partial charge in [0.1, 0.15) is 0 Å². The number of hydrogen-bond donors (Lipinski definition) is 1. The molecule has 13 heavy (non-hydrogen) atoms. The minimum atomic E-state index is -0.285. The normalized spacial score (nSPS) is 27.2. The summed E-state index contributed by atoms with van der Waals surface area (Å²) in [4.78, 5) is 1.61. The summed E-state index contributed by atoms with van der Waals surface area (Å²) in [6.07, 6.45) is 0.739. The lowest BCUT2D eigenvalue weighted by molar-refractivity contribution is 0.261. The molecule has 70 valence electrons. The van der Waals surface area contributed by atoms with Crippen LogP contribution < -0.4 is 0 Å². The van der Waals surface area contributed by atoms with Crippen LogP contribution in [0.15, 0.2) is 24.3 Å². The molecule has 1 N–H and O–H groups in total. The van der Waals surface area contributed by atoms with Crippen LogP contribution in [0.4, 0.5) is 0 Å². The lowest BCUT2D eigenvalue weighted by Gasteiger charge is -2.24. The largest absolute Gasteiger partial charge is 0.383 e. The van der Waals surface area contributed by atoms with Crippen LogP contribution in [0.3, 0.4) is 0 Å². The summed E-state index contributed by atoms with van der Waals surface area (Å²) in [6.45, 7) is 0. The van der Waals surface area contributed by atoms with Crippen molar-refractivity contribution in [2.24, 2.45) is 0 Å². The van der Waals surface area contributed by atoms with Gasteiger partial charge in [0.05, 0.1) is 5.44 Å². The van der Waals surface area contributed by atoms with E-state index < -0.39 is 0 Å². The molecule has 2 atom stereocenters. The van der Waals surface area contributed by atoms with E-state index in [0.717, 1.165) is 12.2 Å². The van der Waals surface area contributed by atoms with Gasteiger partial charge in [0.15, 0.2) is 0 Å². The predicted octanol–water partition coefficient (Wildman–Crippen LogP) is 2.33. The van der Waals surface area contributed by atoms with Crippen molar-refractivity contribution in [2.45, 2.75) is 17.6 Å². The molecule has 1 aliphatic rings. The van der Waals surface area contributed by atoms with Crippen LogP contribution in [0.2, 0.25) is 0 Å². The van der Waals surface area contributed by atoms with Crippen LogP contribution in [-0.2, 0) is 12.2 Å². The van der Waals surface area contributed by atoms with Crippen molar-refractivity contribution >= 4 is 26.9 Å². The van der Waals surface area contributed by atoms with Gasteiger partial charge in [-0.15, -0.1) is 10.5 Å². The van der Waals surface area contributed by atoms with Gasteiger partial charge in [-0.25, -0.2) is 0 Å². The van der Waals surface area contributed by atoms with Crippen molar-refractivity contribution in [3.63, 3.8) is 0 Å². The van der Waals surface area contributed by atoms with Crippen LogP contribution >= 0.6 is 22.1 Å². The van der Waals surface area contributed by atoms with Crippen molar-refractivity contribution in [1.29, 1.82) is 0 Å². The van der Waals surface area contributed by atoms with Crippen molar-refractivity contribution in [3.8, 4) is 0 Å². The third kappa shape index (κ3) is 1.80. The summed E-state index contributed by atoms with van der Waals surface area (Å²) in [5.74, 6) is 0.890. The van der Waals surface area contributed by atoms with Crippen LogP contribution in [-0.4, -0.2) is 15.4 Å². The lowest BCUT2D eigenvalue weighted by Crippen LogP contribution is -2.15. The molecule has 1 aromatic rings. The third-order valence-electron chi connectivity index (χ3n) is 2.30. The Morgan fingerprint density at radius 1 is 1.38 bits per heavy atom. The Morgan fingerprint density at radius 3 is 2.77 bits per heavy atom. The smallest absolute Gasteiger partial charge is 0.0997 e. The Morgan fingerprint density at radius 2 is 2.08 bits per heavy atom. The number of fused-ring (bicyclic) bond motifs is 1. The molecule has 0 amide bonds. The van der Waals surface area contributed by atoms with Gasteiger partial charge in [-0.05, 0) is 11.1 Å². The van der Waals surface area contributed by atoms with Crippen LogP contribution in [0.25, 0.3) is 0 Å². The fraction of sp³-hybridized carbons (Fsp3) is 0.300. The maximum absolute atomic E-state index is 9.71. The first-order valence-electron chi connectivity index (χ1n) is 4.18. The molecule has 0 saturated carbocycles. The number of aliphatic hydroxyl groups is 1. The highest BCUT2D eigenvalue weighted by Gasteiger charge is 2.18. The molecule has 1 nitrogen and oxygen atoms in total. The van der Waals surface area contributed by atoms with E-state index >= 15 is 0 Å². The lowest BCUT2D eigenvalue weighted by atomic mass is 10.1. The second kappa shape index (κ2) is 3.82. The Balaban J connectivity index is 2.38. The molecular formula is C10H11ClOS. The second-order valence-corrected chi connectivity index (χ2v) is 5.61. The monoisotopic (exact) mass is 214 g/mol. The van der Waals surface area contributed by atoms with Crippen LogP contribution in [0, 0.1) is 0 Å². The number of hydrogen-bond acceptors (Lipinski definition) is 1. The number of rotatable bonds is 0. The SMILES string of the molecule is OC1Cc2ccccc2CS1=CCl. The molecule has 0 aliphatic carbocycles. The molecule has 0 radical (unpaired) electrons. The van der Waals surface area contributed by atoms with E-state index in [9.17, 15) is 5.11 Å². The first kappa shape index (κ1) is 9.25. The molecule has 2 unspecified atom stereocenters. The Hall–Kier alpha value is -0.310. The highest BCUT2D eigenvalue weighted by molar-refractivity contribution is 8.16. The molecule has 0 aromatic heterocycles. The molecule has 0 saturated heterocycles. The highest BCUT2D eigenvalue weighted by Crippen LogP contribution is 2.34. The Kier molecular flexibility index (Phi) is 2.72. The van der Waals surface area contributed by atoms with Gasteiger partial charge in [0, 0.05) is 17.0 Å². The quantitative estimate of drug-likeness (QED) is 0.519. The van der Waals surface area contributed by atoms with Gasteiger partial charge in [0.25, 0.3) is 0 Å². The van der Waals surface area contributed by atoms with E-state index in [1.54, 1.807) is 4.83 Å². The summed E-state index contributed by atoms with van der Waals surface area (Å²) in [5, 5.41) is 9.71. The molecule has 0 bridgehead atoms. The first-order chi connectivity index (χ1) is 6.31. The fourth-order valence-electron chi connectivity index (χ4n) is 1.56. The second-order valence-electron chi connectivity index (χ2n) is 3.13. The van der Waals surface area contributed by atoms with Crippen molar-refractivity contribution in [2.75, 3.05) is 0 Å². The third-order valence-corrected chi connectivity index (χ3v) is 4.72. The molecule has 1 aromatic carbocycles. The average Bonchev–Trinajstić information content (AvgIpc) is 2.17. The number of benzene rings is 1. The van der Waals surface area contributed by atoms with E-state index in [0.29, 0.717) is 0 Å². The maximum Gasteiger partial charge on any atom is 0.0997 e. The summed E-state index contributed by atoms with van der Waals surface area (Å²) < 4.78 is 0. The zero-order chi connectivity index (χ0) is 9.26. The minimum absolute atomic E-state index is 0.162. The van der Waals surface area contributed by atoms with Gasteiger partial charge in [-0.3, -0.25) is 0 Å². The Bertz CT molecular complexity index is 349. The van der Waals surface area contributed by atoms with E-state index in [1.165, 1.54) is 11.1 Å². The Labute approximate surface area is 85.3 Å². The van der Waals surface area contributed by atoms with Crippen molar-refractivity contribution in [1.82, 2.24) is 0 Å². The zero-order valence-electron chi connectivity index (χ0n) is 7.11. The van der Waals surface area contributed by atoms with Gasteiger partial charge >= 0.3 is 0 Å². The topological polar surface area (TPSA) is 20.2 Å². The molecule has 0 spiro atoms. The van der Waals surface area contributed by atoms with Gasteiger partial charge in [0.2, 0.25) is 0 Å². The first-order valence-corrected chi connectivity index (χ1v) is 6.14. The number of aliphatic hydroxyl groups excluding tert-OH is 1. The predicted molar refractivity (Wildman–Crippen MR) is 59.4 cm³/mol. The molecule has 1 heterocycles. The highest BCUT2D eigenvalue weighted by atomic mass is 35.5. The van der Waals surface area contributed by atoms with E-state index in [2.05, 4.69) is 12.1 Å². The van der Waals surface area contributed by atoms with E-state index in [4.69, 9.17) is 11.6 Å². The molecule has 2 rings (SSSR count). The van der Waals surface area contributed by atoms with E-state index in [-0.39, 0.29) is 15.9 Å². The average molecular weight is 215 g/mol. The summed E-state index contributed by atoms with van der Waals surface area (Å²) in [6, 6.07) is 8.24.